The lowest BCUT2D eigenvalue weighted by Crippen LogP contribution is -2.13. The third-order valence-corrected chi connectivity index (χ3v) is 8.22. The molecule has 37 heavy (non-hydrogen) atoms. The highest BCUT2D eigenvalue weighted by Gasteiger charge is 2.24. The number of para-hydroxylation sites is 1. The molecule has 1 aliphatic carbocycles. The molecule has 172 valence electrons. The smallest absolute Gasteiger partial charge is 0.0794 e. The molecule has 1 aliphatic heterocycles. The second-order valence-corrected chi connectivity index (χ2v) is 10.6. The van der Waals surface area contributed by atoms with Crippen molar-refractivity contribution >= 4 is 38.0 Å². The first-order valence-corrected chi connectivity index (χ1v) is 13.3. The highest BCUT2D eigenvalue weighted by molar-refractivity contribution is 9.10. The van der Waals surface area contributed by atoms with Crippen molar-refractivity contribution in [2.75, 3.05) is 0 Å². The number of fused-ring (bicyclic) bond motifs is 9. The topological polar surface area (TPSA) is 12.4 Å². The van der Waals surface area contributed by atoms with Gasteiger partial charge in [0.15, 0.2) is 0 Å². The first-order valence-electron chi connectivity index (χ1n) is 12.5. The molecular weight excluding hydrogens is 514 g/mol. The minimum Gasteiger partial charge on any atom is -0.247 e. The van der Waals surface area contributed by atoms with Crippen molar-refractivity contribution in [1.82, 2.24) is 0 Å². The largest absolute Gasteiger partial charge is 0.247 e. The Morgan fingerprint density at radius 3 is 1.81 bits per heavy atom. The number of rotatable bonds is 2. The molecule has 2 heteroatoms. The zero-order valence-electron chi connectivity index (χ0n) is 19.9. The van der Waals surface area contributed by atoms with Crippen LogP contribution in [-0.4, -0.2) is 0 Å². The average Bonchev–Trinajstić information content (AvgIpc) is 3.50. The fourth-order valence-electron chi connectivity index (χ4n) is 5.98. The Bertz CT molecular complexity index is 2020. The first-order chi connectivity index (χ1) is 18.3. The predicted octanol–water partition coefficient (Wildman–Crippen LogP) is 8.43. The summed E-state index contributed by atoms with van der Waals surface area (Å²) in [6.07, 6.45) is 0. The highest BCUT2D eigenvalue weighted by Crippen LogP contribution is 2.39. The number of benzene rings is 6. The molecule has 0 radical (unpaired) electrons. The van der Waals surface area contributed by atoms with Gasteiger partial charge in [-0.15, -0.1) is 0 Å². The molecule has 0 atom stereocenters. The minimum absolute atomic E-state index is 1.06. The summed E-state index contributed by atoms with van der Waals surface area (Å²) in [5.74, 6) is 0. The quantitative estimate of drug-likeness (QED) is 0.211. The zero-order valence-corrected chi connectivity index (χ0v) is 21.5. The second kappa shape index (κ2) is 7.86. The molecule has 2 aliphatic rings. The SMILES string of the molecule is Brc1ccc(-c2ccc(C3=c4c(ccc5c6c(ccc45)-c4ccccc4N=6)-c4ccccc43)cc2)cc1. The van der Waals surface area contributed by atoms with Crippen molar-refractivity contribution in [2.24, 2.45) is 4.99 Å². The van der Waals surface area contributed by atoms with Gasteiger partial charge in [-0.1, -0.05) is 119 Å². The molecule has 0 aromatic heterocycles. The lowest BCUT2D eigenvalue weighted by Gasteiger charge is -2.09. The number of hydrogen-bond donors (Lipinski definition) is 0. The predicted molar refractivity (Wildman–Crippen MR) is 156 cm³/mol. The van der Waals surface area contributed by atoms with Gasteiger partial charge in [0, 0.05) is 21.0 Å². The van der Waals surface area contributed by atoms with Crippen LogP contribution < -0.4 is 10.6 Å². The van der Waals surface area contributed by atoms with E-state index in [0.29, 0.717) is 0 Å². The third-order valence-electron chi connectivity index (χ3n) is 7.69. The molecule has 0 N–H and O–H groups in total. The van der Waals surface area contributed by atoms with Crippen molar-refractivity contribution in [2.45, 2.75) is 0 Å². The summed E-state index contributed by atoms with van der Waals surface area (Å²) < 4.78 is 1.09. The number of nitrogens with zero attached hydrogens (tertiary/aromatic N) is 1. The summed E-state index contributed by atoms with van der Waals surface area (Å²) >= 11 is 3.54. The Kier molecular flexibility index (Phi) is 4.44. The van der Waals surface area contributed by atoms with Gasteiger partial charge in [0.2, 0.25) is 0 Å². The lowest BCUT2D eigenvalue weighted by molar-refractivity contribution is 1.45. The fourth-order valence-corrected chi connectivity index (χ4v) is 6.25. The Morgan fingerprint density at radius 1 is 0.432 bits per heavy atom. The van der Waals surface area contributed by atoms with Crippen LogP contribution in [0.1, 0.15) is 11.1 Å². The van der Waals surface area contributed by atoms with E-state index in [-0.39, 0.29) is 0 Å². The van der Waals surface area contributed by atoms with Gasteiger partial charge in [0.05, 0.1) is 11.0 Å². The van der Waals surface area contributed by atoms with Crippen molar-refractivity contribution in [3.05, 3.63) is 148 Å². The summed E-state index contributed by atoms with van der Waals surface area (Å²) in [6, 6.07) is 43.8. The van der Waals surface area contributed by atoms with Crippen LogP contribution in [0.3, 0.4) is 0 Å². The molecule has 1 heterocycles. The summed E-state index contributed by atoms with van der Waals surface area (Å²) in [4.78, 5) is 5.05. The van der Waals surface area contributed by atoms with Crippen molar-refractivity contribution in [3.8, 4) is 33.4 Å². The van der Waals surface area contributed by atoms with Crippen LogP contribution >= 0.6 is 15.9 Å². The van der Waals surface area contributed by atoms with Gasteiger partial charge in [0.1, 0.15) is 0 Å². The van der Waals surface area contributed by atoms with Gasteiger partial charge in [0.25, 0.3) is 0 Å². The van der Waals surface area contributed by atoms with Crippen LogP contribution in [0.15, 0.2) is 131 Å². The van der Waals surface area contributed by atoms with Gasteiger partial charge < -0.3 is 0 Å². The van der Waals surface area contributed by atoms with Gasteiger partial charge in [-0.05, 0) is 67.8 Å². The van der Waals surface area contributed by atoms with E-state index in [4.69, 9.17) is 4.99 Å². The third kappa shape index (κ3) is 3.06. The van der Waals surface area contributed by atoms with Crippen molar-refractivity contribution in [3.63, 3.8) is 0 Å². The van der Waals surface area contributed by atoms with Crippen LogP contribution in [0.5, 0.6) is 0 Å². The maximum Gasteiger partial charge on any atom is 0.0794 e. The van der Waals surface area contributed by atoms with E-state index in [1.165, 1.54) is 66.1 Å². The molecule has 0 saturated carbocycles. The lowest BCUT2D eigenvalue weighted by atomic mass is 9.94. The van der Waals surface area contributed by atoms with Crippen molar-refractivity contribution < 1.29 is 0 Å². The molecule has 0 fully saturated rings. The van der Waals surface area contributed by atoms with E-state index in [1.54, 1.807) is 0 Å². The van der Waals surface area contributed by atoms with Crippen LogP contribution in [-0.2, 0) is 0 Å². The highest BCUT2D eigenvalue weighted by atomic mass is 79.9. The molecule has 6 aromatic rings. The molecular formula is C35H20BrN. The molecule has 8 rings (SSSR count). The Hall–Kier alpha value is -4.27. The van der Waals surface area contributed by atoms with Crippen LogP contribution in [0, 0.1) is 0 Å². The van der Waals surface area contributed by atoms with E-state index >= 15 is 0 Å². The Balaban J connectivity index is 1.40. The average molecular weight is 534 g/mol. The zero-order chi connectivity index (χ0) is 24.5. The fraction of sp³-hybridized carbons (Fsp3) is 0. The monoisotopic (exact) mass is 533 g/mol. The maximum absolute atomic E-state index is 5.05. The van der Waals surface area contributed by atoms with E-state index in [2.05, 4.69) is 137 Å². The van der Waals surface area contributed by atoms with E-state index in [1.807, 2.05) is 0 Å². The molecule has 0 bridgehead atoms. The Labute approximate surface area is 223 Å². The van der Waals surface area contributed by atoms with Gasteiger partial charge in [-0.2, -0.15) is 0 Å². The molecule has 1 nitrogen and oxygen atoms in total. The molecule has 0 saturated heterocycles. The van der Waals surface area contributed by atoms with Crippen LogP contribution in [0.4, 0.5) is 5.69 Å². The first kappa shape index (κ1) is 20.9. The van der Waals surface area contributed by atoms with E-state index in [0.717, 1.165) is 15.5 Å². The van der Waals surface area contributed by atoms with Gasteiger partial charge in [-0.3, -0.25) is 0 Å². The van der Waals surface area contributed by atoms with Gasteiger partial charge in [-0.25, -0.2) is 4.99 Å². The molecule has 0 amide bonds. The molecule has 0 unspecified atom stereocenters. The standard InChI is InChI=1S/C35H20BrN/c36-24-15-13-22(14-16-24)21-9-11-23(12-10-21)33-27-7-2-1-5-25(27)28-17-20-31-29(34(28)33)18-19-30-26-6-3-4-8-32(26)37-35(30)31/h1-20H. The second-order valence-electron chi connectivity index (χ2n) is 9.68. The normalized spacial score (nSPS) is 12.6. The summed E-state index contributed by atoms with van der Waals surface area (Å²) in [6.45, 7) is 0. The maximum atomic E-state index is 5.05. The number of halogens is 1. The van der Waals surface area contributed by atoms with Crippen LogP contribution in [0.25, 0.3) is 49.7 Å². The Morgan fingerprint density at radius 2 is 1.03 bits per heavy atom. The molecule has 0 spiro atoms. The van der Waals surface area contributed by atoms with Crippen LogP contribution in [0.2, 0.25) is 0 Å². The summed E-state index contributed by atoms with van der Waals surface area (Å²) in [5.41, 5.74) is 12.4. The number of hydrogen-bond acceptors (Lipinski definition) is 1. The van der Waals surface area contributed by atoms with Crippen molar-refractivity contribution in [1.29, 1.82) is 0 Å². The summed E-state index contributed by atoms with van der Waals surface area (Å²) in [7, 11) is 0. The van der Waals surface area contributed by atoms with Gasteiger partial charge >= 0.3 is 0 Å². The summed E-state index contributed by atoms with van der Waals surface area (Å²) in [5, 5.41) is 4.87. The van der Waals surface area contributed by atoms with E-state index in [9.17, 15) is 0 Å². The molecule has 6 aromatic carbocycles. The minimum atomic E-state index is 1.06. The van der Waals surface area contributed by atoms with E-state index < -0.39 is 0 Å².